The van der Waals surface area contributed by atoms with Gasteiger partial charge in [0.1, 0.15) is 5.82 Å². The van der Waals surface area contributed by atoms with Gasteiger partial charge in [0.05, 0.1) is 12.5 Å². The minimum Gasteiger partial charge on any atom is -0.354 e. The van der Waals surface area contributed by atoms with Crippen molar-refractivity contribution in [2.45, 2.75) is 12.5 Å². The second kappa shape index (κ2) is 8.22. The lowest BCUT2D eigenvalue weighted by atomic mass is 10.1. The summed E-state index contributed by atoms with van der Waals surface area (Å²) in [4.78, 5) is 14.1. The molecule has 1 unspecified atom stereocenters. The van der Waals surface area contributed by atoms with Crippen LogP contribution in [0.5, 0.6) is 0 Å². The molecule has 0 fully saturated rings. The molecule has 0 saturated carbocycles. The van der Waals surface area contributed by atoms with E-state index in [0.717, 1.165) is 15.6 Å². The Morgan fingerprint density at radius 1 is 1.22 bits per heavy atom. The van der Waals surface area contributed by atoms with Crippen LogP contribution in [0.2, 0.25) is 0 Å². The van der Waals surface area contributed by atoms with Crippen LogP contribution in [0.4, 0.5) is 4.39 Å². The van der Waals surface area contributed by atoms with Crippen molar-refractivity contribution in [2.24, 2.45) is 0 Å². The molecule has 0 saturated heterocycles. The first kappa shape index (κ1) is 17.6. The molecule has 0 spiro atoms. The second-order valence-corrected chi connectivity index (χ2v) is 6.56. The van der Waals surface area contributed by atoms with Crippen molar-refractivity contribution in [3.63, 3.8) is 0 Å². The average molecular weight is 379 g/mol. The third kappa shape index (κ3) is 5.44. The summed E-state index contributed by atoms with van der Waals surface area (Å²) >= 11 is 3.37. The van der Waals surface area contributed by atoms with Crippen molar-refractivity contribution in [1.29, 1.82) is 0 Å². The molecule has 1 N–H and O–H groups in total. The van der Waals surface area contributed by atoms with E-state index in [0.29, 0.717) is 13.0 Å². The van der Waals surface area contributed by atoms with Crippen LogP contribution in [0.15, 0.2) is 53.0 Å². The highest BCUT2D eigenvalue weighted by molar-refractivity contribution is 9.10. The predicted octanol–water partition coefficient (Wildman–Crippen LogP) is 3.55. The molecule has 5 heteroatoms. The molecule has 23 heavy (non-hydrogen) atoms. The smallest absolute Gasteiger partial charge is 0.224 e. The molecule has 0 heterocycles. The Bertz CT molecular complexity index is 658. The number of rotatable bonds is 6. The Labute approximate surface area is 144 Å². The molecule has 1 atom stereocenters. The molecule has 0 aromatic heterocycles. The summed E-state index contributed by atoms with van der Waals surface area (Å²) in [6, 6.07) is 14.1. The molecule has 3 nitrogen and oxygen atoms in total. The zero-order chi connectivity index (χ0) is 16.8. The number of halogens is 2. The average Bonchev–Trinajstić information content (AvgIpc) is 2.49. The van der Waals surface area contributed by atoms with Crippen molar-refractivity contribution >= 4 is 21.8 Å². The van der Waals surface area contributed by atoms with Crippen molar-refractivity contribution in [3.05, 3.63) is 69.9 Å². The topological polar surface area (TPSA) is 32.3 Å². The lowest BCUT2D eigenvalue weighted by Crippen LogP contribution is -2.35. The van der Waals surface area contributed by atoms with Gasteiger partial charge in [0.25, 0.3) is 0 Å². The Morgan fingerprint density at radius 2 is 1.91 bits per heavy atom. The first-order valence-electron chi connectivity index (χ1n) is 7.39. The standard InChI is InChI=1S/C18H20BrFN2O/c1-22(2)17(14-4-3-5-16(20)11-14)12-21-18(23)10-13-6-8-15(19)9-7-13/h3-9,11,17H,10,12H2,1-2H3,(H,21,23). The molecule has 122 valence electrons. The van der Waals surface area contributed by atoms with Crippen LogP contribution in [0.25, 0.3) is 0 Å². The molecule has 2 aromatic carbocycles. The van der Waals surface area contributed by atoms with Gasteiger partial charge < -0.3 is 10.2 Å². The summed E-state index contributed by atoms with van der Waals surface area (Å²) in [5.41, 5.74) is 1.80. The van der Waals surface area contributed by atoms with Gasteiger partial charge >= 0.3 is 0 Å². The SMILES string of the molecule is CN(C)C(CNC(=O)Cc1ccc(Br)cc1)c1cccc(F)c1. The van der Waals surface area contributed by atoms with Crippen LogP contribution in [0.3, 0.4) is 0 Å². The number of nitrogens with one attached hydrogen (secondary N) is 1. The maximum absolute atomic E-state index is 13.4. The molecular weight excluding hydrogens is 359 g/mol. The minimum absolute atomic E-state index is 0.0458. The van der Waals surface area contributed by atoms with Crippen LogP contribution >= 0.6 is 15.9 Å². The second-order valence-electron chi connectivity index (χ2n) is 5.64. The molecule has 1 amide bonds. The van der Waals surface area contributed by atoms with Gasteiger partial charge in [0.15, 0.2) is 0 Å². The number of benzene rings is 2. The van der Waals surface area contributed by atoms with E-state index in [1.807, 2.05) is 49.3 Å². The van der Waals surface area contributed by atoms with Crippen LogP contribution < -0.4 is 5.32 Å². The van der Waals surface area contributed by atoms with Gasteiger partial charge in [0.2, 0.25) is 5.91 Å². The third-order valence-electron chi connectivity index (χ3n) is 3.63. The maximum Gasteiger partial charge on any atom is 0.224 e. The van der Waals surface area contributed by atoms with E-state index in [1.54, 1.807) is 6.07 Å². The lowest BCUT2D eigenvalue weighted by molar-refractivity contribution is -0.120. The molecule has 0 radical (unpaired) electrons. The molecule has 0 aliphatic rings. The first-order valence-corrected chi connectivity index (χ1v) is 8.18. The molecule has 2 rings (SSSR count). The van der Waals surface area contributed by atoms with E-state index < -0.39 is 0 Å². The van der Waals surface area contributed by atoms with E-state index in [2.05, 4.69) is 21.2 Å². The molecule has 2 aromatic rings. The Balaban J connectivity index is 1.96. The van der Waals surface area contributed by atoms with Gasteiger partial charge in [-0.3, -0.25) is 4.79 Å². The van der Waals surface area contributed by atoms with Gasteiger partial charge in [-0.1, -0.05) is 40.2 Å². The fourth-order valence-electron chi connectivity index (χ4n) is 2.37. The number of nitrogens with zero attached hydrogens (tertiary/aromatic N) is 1. The number of likely N-dealkylation sites (N-methyl/N-ethyl adjacent to an activating group) is 1. The van der Waals surface area contributed by atoms with Gasteiger partial charge in [-0.25, -0.2) is 4.39 Å². The largest absolute Gasteiger partial charge is 0.354 e. The normalized spacial score (nSPS) is 12.2. The summed E-state index contributed by atoms with van der Waals surface area (Å²) < 4.78 is 14.4. The summed E-state index contributed by atoms with van der Waals surface area (Å²) in [5, 5.41) is 2.93. The fourth-order valence-corrected chi connectivity index (χ4v) is 2.64. The number of amides is 1. The van der Waals surface area contributed by atoms with E-state index in [-0.39, 0.29) is 17.8 Å². The first-order chi connectivity index (χ1) is 11.0. The van der Waals surface area contributed by atoms with Crippen molar-refractivity contribution in [1.82, 2.24) is 10.2 Å². The number of carbonyl (C=O) groups is 1. The van der Waals surface area contributed by atoms with Crippen molar-refractivity contribution < 1.29 is 9.18 Å². The highest BCUT2D eigenvalue weighted by atomic mass is 79.9. The monoisotopic (exact) mass is 378 g/mol. The van der Waals surface area contributed by atoms with Crippen LogP contribution in [-0.4, -0.2) is 31.4 Å². The van der Waals surface area contributed by atoms with E-state index >= 15 is 0 Å². The van der Waals surface area contributed by atoms with Gasteiger partial charge in [-0.2, -0.15) is 0 Å². The third-order valence-corrected chi connectivity index (χ3v) is 4.16. The lowest BCUT2D eigenvalue weighted by Gasteiger charge is -2.25. The van der Waals surface area contributed by atoms with Gasteiger partial charge in [0, 0.05) is 11.0 Å². The van der Waals surface area contributed by atoms with Gasteiger partial charge in [-0.05, 0) is 49.5 Å². The van der Waals surface area contributed by atoms with E-state index in [1.165, 1.54) is 12.1 Å². The number of hydrogen-bond donors (Lipinski definition) is 1. The van der Waals surface area contributed by atoms with Crippen LogP contribution in [-0.2, 0) is 11.2 Å². The van der Waals surface area contributed by atoms with Crippen molar-refractivity contribution in [2.75, 3.05) is 20.6 Å². The summed E-state index contributed by atoms with van der Waals surface area (Å²) in [7, 11) is 3.83. The summed E-state index contributed by atoms with van der Waals surface area (Å²) in [6.45, 7) is 0.436. The summed E-state index contributed by atoms with van der Waals surface area (Å²) in [5.74, 6) is -0.314. The fraction of sp³-hybridized carbons (Fsp3) is 0.278. The van der Waals surface area contributed by atoms with E-state index in [4.69, 9.17) is 0 Å². The Kier molecular flexibility index (Phi) is 6.30. The number of hydrogen-bond acceptors (Lipinski definition) is 2. The predicted molar refractivity (Wildman–Crippen MR) is 93.7 cm³/mol. The summed E-state index contributed by atoms with van der Waals surface area (Å²) in [6.07, 6.45) is 0.330. The molecular formula is C18H20BrFN2O. The Hall–Kier alpha value is -1.72. The van der Waals surface area contributed by atoms with Gasteiger partial charge in [-0.15, -0.1) is 0 Å². The number of carbonyl (C=O) groups excluding carboxylic acids is 1. The molecule has 0 aliphatic heterocycles. The highest BCUT2D eigenvalue weighted by Gasteiger charge is 2.16. The molecule has 0 bridgehead atoms. The zero-order valence-corrected chi connectivity index (χ0v) is 14.8. The minimum atomic E-state index is -0.268. The Morgan fingerprint density at radius 3 is 2.52 bits per heavy atom. The van der Waals surface area contributed by atoms with Crippen molar-refractivity contribution in [3.8, 4) is 0 Å². The molecule has 0 aliphatic carbocycles. The maximum atomic E-state index is 13.4. The van der Waals surface area contributed by atoms with Crippen LogP contribution in [0, 0.1) is 5.82 Å². The van der Waals surface area contributed by atoms with Crippen LogP contribution in [0.1, 0.15) is 17.2 Å². The quantitative estimate of drug-likeness (QED) is 0.833. The van der Waals surface area contributed by atoms with E-state index in [9.17, 15) is 9.18 Å². The zero-order valence-electron chi connectivity index (χ0n) is 13.2. The highest BCUT2D eigenvalue weighted by Crippen LogP contribution is 2.18.